The van der Waals surface area contributed by atoms with Gasteiger partial charge in [0.2, 0.25) is 0 Å². The van der Waals surface area contributed by atoms with E-state index in [0.717, 1.165) is 18.8 Å². The molecule has 4 heteroatoms. The summed E-state index contributed by atoms with van der Waals surface area (Å²) in [5.74, 6) is 2.21. The average molecular weight is 339 g/mol. The molecule has 0 aromatic carbocycles. The van der Waals surface area contributed by atoms with Crippen molar-refractivity contribution in [2.24, 2.45) is 11.8 Å². The lowest BCUT2D eigenvalue weighted by molar-refractivity contribution is 0.253. The van der Waals surface area contributed by atoms with Gasteiger partial charge in [-0.05, 0) is 43.9 Å². The summed E-state index contributed by atoms with van der Waals surface area (Å²) in [5.41, 5.74) is 0. The van der Waals surface area contributed by atoms with Crippen LogP contribution >= 0.6 is 15.9 Å². The van der Waals surface area contributed by atoms with E-state index in [4.69, 9.17) is 0 Å². The molecule has 108 valence electrons. The zero-order valence-corrected chi connectivity index (χ0v) is 14.1. The Kier molecular flexibility index (Phi) is 7.22. The summed E-state index contributed by atoms with van der Waals surface area (Å²) < 4.78 is 23.0. The van der Waals surface area contributed by atoms with Gasteiger partial charge in [-0.1, -0.05) is 42.6 Å². The van der Waals surface area contributed by atoms with E-state index in [1.54, 1.807) is 6.92 Å². The summed E-state index contributed by atoms with van der Waals surface area (Å²) in [6, 6.07) is 0. The largest absolute Gasteiger partial charge is 0.229 e. The first-order valence-electron chi connectivity index (χ1n) is 7.33. The molecule has 1 aliphatic rings. The maximum absolute atomic E-state index is 11.5. The van der Waals surface area contributed by atoms with Crippen molar-refractivity contribution in [2.45, 2.75) is 63.6 Å². The lowest BCUT2D eigenvalue weighted by atomic mass is 9.77. The Labute approximate surface area is 121 Å². The monoisotopic (exact) mass is 338 g/mol. The summed E-state index contributed by atoms with van der Waals surface area (Å²) >= 11 is 3.78. The van der Waals surface area contributed by atoms with E-state index >= 15 is 0 Å². The first-order chi connectivity index (χ1) is 8.48. The van der Waals surface area contributed by atoms with E-state index in [2.05, 4.69) is 22.9 Å². The summed E-state index contributed by atoms with van der Waals surface area (Å²) in [7, 11) is -2.78. The predicted octanol–water partition coefficient (Wildman–Crippen LogP) is 4.18. The van der Waals surface area contributed by atoms with Crippen molar-refractivity contribution in [1.82, 2.24) is 0 Å². The van der Waals surface area contributed by atoms with Gasteiger partial charge in [0.05, 0.1) is 5.75 Å². The molecule has 0 N–H and O–H groups in total. The minimum Gasteiger partial charge on any atom is -0.229 e. The Balaban J connectivity index is 2.35. The highest BCUT2D eigenvalue weighted by Gasteiger charge is 2.28. The molecule has 2 nitrogen and oxygen atoms in total. The second kappa shape index (κ2) is 7.88. The number of sulfone groups is 1. The van der Waals surface area contributed by atoms with Crippen LogP contribution in [0.5, 0.6) is 0 Å². The van der Waals surface area contributed by atoms with Gasteiger partial charge in [0.25, 0.3) is 0 Å². The smallest absolute Gasteiger partial charge is 0.150 e. The summed E-state index contributed by atoms with van der Waals surface area (Å²) in [4.78, 5) is 0.606. The summed E-state index contributed by atoms with van der Waals surface area (Å²) in [6.45, 7) is 3.99. The standard InChI is InChI=1S/C14H27BrO2S/c1-3-6-12-8-9-14(15)13(11-12)7-5-10-18(16,17)4-2/h12-14H,3-11H2,1-2H3. The third-order valence-corrected chi connectivity index (χ3v) is 7.16. The van der Waals surface area contributed by atoms with Crippen LogP contribution in [0.3, 0.4) is 0 Å². The molecular weight excluding hydrogens is 312 g/mol. The zero-order chi connectivity index (χ0) is 13.6. The molecule has 0 bridgehead atoms. The highest BCUT2D eigenvalue weighted by atomic mass is 79.9. The highest BCUT2D eigenvalue weighted by molar-refractivity contribution is 9.09. The van der Waals surface area contributed by atoms with Crippen molar-refractivity contribution in [1.29, 1.82) is 0 Å². The number of hydrogen-bond donors (Lipinski definition) is 0. The summed E-state index contributed by atoms with van der Waals surface area (Å²) in [5, 5.41) is 0. The molecule has 0 aromatic heterocycles. The van der Waals surface area contributed by atoms with Crippen LogP contribution < -0.4 is 0 Å². The van der Waals surface area contributed by atoms with Crippen LogP contribution in [0.15, 0.2) is 0 Å². The first kappa shape index (κ1) is 16.5. The summed E-state index contributed by atoms with van der Waals surface area (Å²) in [6.07, 6.45) is 8.40. The van der Waals surface area contributed by atoms with Gasteiger partial charge in [-0.2, -0.15) is 0 Å². The fraction of sp³-hybridized carbons (Fsp3) is 1.00. The van der Waals surface area contributed by atoms with Crippen molar-refractivity contribution in [3.8, 4) is 0 Å². The van der Waals surface area contributed by atoms with Gasteiger partial charge in [0.1, 0.15) is 9.84 Å². The molecule has 1 fully saturated rings. The number of hydrogen-bond acceptors (Lipinski definition) is 2. The van der Waals surface area contributed by atoms with E-state index in [1.807, 2.05) is 0 Å². The number of halogens is 1. The number of alkyl halides is 1. The zero-order valence-electron chi connectivity index (χ0n) is 11.7. The first-order valence-corrected chi connectivity index (χ1v) is 10.1. The van der Waals surface area contributed by atoms with Crippen LogP contribution in [0.4, 0.5) is 0 Å². The molecule has 0 amide bonds. The fourth-order valence-electron chi connectivity index (χ4n) is 3.00. The van der Waals surface area contributed by atoms with Crippen LogP contribution in [0.2, 0.25) is 0 Å². The van der Waals surface area contributed by atoms with Crippen LogP contribution in [0.25, 0.3) is 0 Å². The van der Waals surface area contributed by atoms with Gasteiger partial charge in [-0.3, -0.25) is 0 Å². The molecular formula is C14H27BrO2S. The van der Waals surface area contributed by atoms with Crippen LogP contribution in [0, 0.1) is 11.8 Å². The second-order valence-electron chi connectivity index (χ2n) is 5.62. The van der Waals surface area contributed by atoms with Crippen molar-refractivity contribution in [3.05, 3.63) is 0 Å². The molecule has 0 aromatic rings. The quantitative estimate of drug-likeness (QED) is 0.652. The minimum atomic E-state index is -2.78. The molecule has 0 radical (unpaired) electrons. The van der Waals surface area contributed by atoms with Crippen LogP contribution in [-0.2, 0) is 9.84 Å². The Morgan fingerprint density at radius 3 is 2.50 bits per heavy atom. The Bertz CT molecular complexity index is 327. The van der Waals surface area contributed by atoms with E-state index in [1.165, 1.54) is 32.1 Å². The Morgan fingerprint density at radius 1 is 1.17 bits per heavy atom. The van der Waals surface area contributed by atoms with E-state index < -0.39 is 9.84 Å². The average Bonchev–Trinajstić information content (AvgIpc) is 2.33. The molecule has 0 spiro atoms. The topological polar surface area (TPSA) is 34.1 Å². The normalized spacial score (nSPS) is 29.4. The van der Waals surface area contributed by atoms with Crippen molar-refractivity contribution in [3.63, 3.8) is 0 Å². The molecule has 1 rings (SSSR count). The van der Waals surface area contributed by atoms with Gasteiger partial charge in [0, 0.05) is 10.6 Å². The van der Waals surface area contributed by atoms with E-state index in [-0.39, 0.29) is 5.75 Å². The third kappa shape index (κ3) is 5.60. The minimum absolute atomic E-state index is 0.286. The van der Waals surface area contributed by atoms with Crippen molar-refractivity contribution < 1.29 is 8.42 Å². The lowest BCUT2D eigenvalue weighted by Crippen LogP contribution is -2.25. The Morgan fingerprint density at radius 2 is 1.89 bits per heavy atom. The Hall–Kier alpha value is 0.430. The predicted molar refractivity (Wildman–Crippen MR) is 82.0 cm³/mol. The number of rotatable bonds is 7. The van der Waals surface area contributed by atoms with Crippen molar-refractivity contribution in [2.75, 3.05) is 11.5 Å². The van der Waals surface area contributed by atoms with Gasteiger partial charge in [-0.15, -0.1) is 0 Å². The molecule has 1 aliphatic carbocycles. The molecule has 1 saturated carbocycles. The van der Waals surface area contributed by atoms with Crippen LogP contribution in [-0.4, -0.2) is 24.8 Å². The molecule has 3 atom stereocenters. The second-order valence-corrected chi connectivity index (χ2v) is 9.27. The third-order valence-electron chi connectivity index (χ3n) is 4.17. The SMILES string of the molecule is CCCC1CCC(Br)C(CCCS(=O)(=O)CC)C1. The van der Waals surface area contributed by atoms with Gasteiger partial charge >= 0.3 is 0 Å². The van der Waals surface area contributed by atoms with E-state index in [9.17, 15) is 8.42 Å². The molecule has 0 aliphatic heterocycles. The van der Waals surface area contributed by atoms with Gasteiger partial charge in [0.15, 0.2) is 0 Å². The maximum Gasteiger partial charge on any atom is 0.150 e. The van der Waals surface area contributed by atoms with E-state index in [0.29, 0.717) is 16.5 Å². The molecule has 0 heterocycles. The van der Waals surface area contributed by atoms with Gasteiger partial charge < -0.3 is 0 Å². The van der Waals surface area contributed by atoms with Crippen molar-refractivity contribution >= 4 is 25.8 Å². The molecule has 0 saturated heterocycles. The maximum atomic E-state index is 11.5. The fourth-order valence-corrected chi connectivity index (χ4v) is 4.64. The van der Waals surface area contributed by atoms with Gasteiger partial charge in [-0.25, -0.2) is 8.42 Å². The van der Waals surface area contributed by atoms with Crippen LogP contribution in [0.1, 0.15) is 58.8 Å². The lowest BCUT2D eigenvalue weighted by Gasteiger charge is -2.33. The highest BCUT2D eigenvalue weighted by Crippen LogP contribution is 2.38. The molecule has 3 unspecified atom stereocenters. The molecule has 18 heavy (non-hydrogen) atoms.